The molecule has 424 valence electrons. The monoisotopic (exact) mass is 1160 g/mol. The molecule has 27 nitrogen and oxygen atoms in total. The van der Waals surface area contributed by atoms with Crippen LogP contribution in [0.5, 0.6) is 0 Å². The zero-order valence-corrected chi connectivity index (χ0v) is 53.9. The van der Waals surface area contributed by atoms with Crippen molar-refractivity contribution in [3.05, 3.63) is 89.5 Å². The smallest absolute Gasteiger partial charge is 0.870 e. The number of hydrogen-bond donors (Lipinski definition) is 3. The number of rotatable bonds is 12. The van der Waals surface area contributed by atoms with E-state index in [1.165, 1.54) is 0 Å². The molecule has 0 aliphatic heterocycles. The van der Waals surface area contributed by atoms with Crippen LogP contribution in [0.1, 0.15) is 69.8 Å². The van der Waals surface area contributed by atoms with E-state index in [2.05, 4.69) is 46.2 Å². The molecule has 30 heteroatoms. The average Bonchev–Trinajstić information content (AvgIpc) is 4.29. The maximum Gasteiger partial charge on any atom is 1.00 e. The summed E-state index contributed by atoms with van der Waals surface area (Å²) in [7, 11) is 11.5. The van der Waals surface area contributed by atoms with Gasteiger partial charge in [0.05, 0.1) is 35.5 Å². The Balaban J connectivity index is 0.000000406. The van der Waals surface area contributed by atoms with E-state index in [0.717, 1.165) is 83.3 Å². The van der Waals surface area contributed by atoms with E-state index < -0.39 is 0 Å². The summed E-state index contributed by atoms with van der Waals surface area (Å²) in [6, 6.07) is 11.3. The predicted octanol–water partition coefficient (Wildman–Crippen LogP) is -1.69. The number of nitrogens with one attached hydrogen (secondary N) is 3. The number of hydrogen-bond acceptors (Lipinski definition) is 18. The number of nitrogens with zero attached hydrogens (tertiary/aromatic N) is 18. The van der Waals surface area contributed by atoms with Crippen LogP contribution in [0.3, 0.4) is 0 Å². The molecule has 0 amide bonds. The van der Waals surface area contributed by atoms with Gasteiger partial charge in [0, 0.05) is 116 Å². The second kappa shape index (κ2) is 29.3. The van der Waals surface area contributed by atoms with E-state index in [1.54, 1.807) is 33.0 Å². The summed E-state index contributed by atoms with van der Waals surface area (Å²) in [4.78, 5) is 61.6. The van der Waals surface area contributed by atoms with Gasteiger partial charge in [-0.25, -0.2) is 29.9 Å². The number of fused-ring (bicyclic) bond motifs is 9. The Kier molecular flexibility index (Phi) is 25.6. The van der Waals surface area contributed by atoms with Crippen LogP contribution in [-0.4, -0.2) is 122 Å². The van der Waals surface area contributed by atoms with Gasteiger partial charge >= 0.3 is 88.7 Å². The number of pyridine rings is 3. The van der Waals surface area contributed by atoms with Crippen molar-refractivity contribution >= 4 is 120 Å². The largest absolute Gasteiger partial charge is 1.00 e. The van der Waals surface area contributed by atoms with Gasteiger partial charge in [-0.1, -0.05) is 31.9 Å². The summed E-state index contributed by atoms with van der Waals surface area (Å²) in [5, 5.41) is 25.7. The molecule has 0 bridgehead atoms. The van der Waals surface area contributed by atoms with Gasteiger partial charge < -0.3 is 74.2 Å². The molecular weight excluding hydrogens is 1100 g/mol. The van der Waals surface area contributed by atoms with Gasteiger partial charge in [-0.05, 0) is 57.7 Å². The number of carbonyl (C=O) groups excluding carboxylic acids is 3. The molecule has 83 heavy (non-hydrogen) atoms. The fourth-order valence-corrected chi connectivity index (χ4v) is 9.44. The van der Waals surface area contributed by atoms with Gasteiger partial charge in [0.15, 0.2) is 34.9 Å². The molecule has 6 N–H and O–H groups in total. The molecule has 0 aliphatic carbocycles. The van der Waals surface area contributed by atoms with Crippen LogP contribution in [0.2, 0.25) is 0 Å². The molecule has 12 aromatic heterocycles. The quantitative estimate of drug-likeness (QED) is 0.0908. The van der Waals surface area contributed by atoms with Crippen molar-refractivity contribution in [1.29, 1.82) is 0 Å². The molecule has 12 heterocycles. The SMILES string of the molecule is C.C.CCn1c([C-]=O)cc2c3c(ncn3C)c(Nc3cc(C)n(C)n3)nc21.CCn1c([C-]=O)cc2c3c(ncn3C)c(Nc3cc(C)n(C)n3)nc21.CCn1c([C-]=O)cc2c3c(ncn3C)c(Nc3cc(C)n(C)n3)nc21.[Na+].[Na+].[Na+].[OH-].[OH-].[OH-]. The van der Waals surface area contributed by atoms with Crippen molar-refractivity contribution in [3.8, 4) is 0 Å². The fourth-order valence-electron chi connectivity index (χ4n) is 9.44. The molecule has 0 saturated carbocycles. The number of anilines is 6. The van der Waals surface area contributed by atoms with Crippen molar-refractivity contribution in [2.75, 3.05) is 16.0 Å². The molecule has 0 fully saturated rings. The van der Waals surface area contributed by atoms with Gasteiger partial charge in [0.1, 0.15) is 33.5 Å². The molecule has 0 aliphatic rings. The van der Waals surface area contributed by atoms with Gasteiger partial charge in [-0.2, -0.15) is 33.5 Å². The van der Waals surface area contributed by atoms with Crippen molar-refractivity contribution in [3.63, 3.8) is 0 Å². The van der Waals surface area contributed by atoms with Crippen LogP contribution >= 0.6 is 0 Å². The van der Waals surface area contributed by atoms with Crippen LogP contribution in [0.25, 0.3) is 66.2 Å². The Labute approximate surface area is 545 Å². The standard InChI is InChI=1S/3C17H18N7O.2CH4.3Na.3H2O/c3*1-5-24-11(8-25)7-12-15-14(18-9-22(15)3)16(20-17(12)24)19-13-6-10(2)23(4)21-13;;;;;;;;/h3*6-7,9H,5H2,1-4H3,(H,19,20,21);2*1H4;;;;3*1H2/q3*-1;;;3*+1;;;/p-3. The van der Waals surface area contributed by atoms with Crippen molar-refractivity contribution in [2.24, 2.45) is 42.3 Å². The molecule has 12 rings (SSSR count). The van der Waals surface area contributed by atoms with E-state index in [1.807, 2.05) is 166 Å². The maximum absolute atomic E-state index is 11.3. The zero-order chi connectivity index (χ0) is 53.1. The number of aryl methyl sites for hydroxylation is 12. The maximum atomic E-state index is 11.3. The van der Waals surface area contributed by atoms with Crippen LogP contribution in [-0.2, 0) is 76.3 Å². The molecule has 0 unspecified atom stereocenters. The summed E-state index contributed by atoms with van der Waals surface area (Å²) >= 11 is 0. The zero-order valence-electron chi connectivity index (χ0n) is 47.9. The fraction of sp³-hybridized carbons (Fsp3) is 0.321. The third-order valence-electron chi connectivity index (χ3n) is 13.5. The minimum absolute atomic E-state index is 0. The van der Waals surface area contributed by atoms with E-state index in [9.17, 15) is 14.4 Å². The van der Waals surface area contributed by atoms with Crippen LogP contribution < -0.4 is 105 Å². The second-order valence-corrected chi connectivity index (χ2v) is 18.1. The van der Waals surface area contributed by atoms with Gasteiger partial charge in [0.25, 0.3) is 0 Å². The molecular formula is C53H65N21Na3O6-3. The van der Waals surface area contributed by atoms with E-state index in [4.69, 9.17) is 15.0 Å². The van der Waals surface area contributed by atoms with Gasteiger partial charge in [-0.15, -0.1) is 0 Å². The number of imidazole rings is 3. The first-order valence-electron chi connectivity index (χ1n) is 24.1. The van der Waals surface area contributed by atoms with Crippen LogP contribution in [0.15, 0.2) is 55.4 Å². The summed E-state index contributed by atoms with van der Waals surface area (Å²) in [6.45, 7) is 13.8. The third-order valence-corrected chi connectivity index (χ3v) is 13.5. The topological polar surface area (TPSA) is 338 Å². The molecule has 0 aromatic carbocycles. The first-order chi connectivity index (χ1) is 36.1. The predicted molar refractivity (Wildman–Crippen MR) is 306 cm³/mol. The minimum atomic E-state index is 0. The first-order valence-corrected chi connectivity index (χ1v) is 24.1. The number of aromatic nitrogens is 18. The summed E-state index contributed by atoms with van der Waals surface area (Å²) < 4.78 is 16.7. The second-order valence-electron chi connectivity index (χ2n) is 18.1. The Bertz CT molecular complexity index is 3750. The summed E-state index contributed by atoms with van der Waals surface area (Å²) in [5.74, 6) is 3.96. The normalized spacial score (nSPS) is 10.4. The van der Waals surface area contributed by atoms with Crippen molar-refractivity contribution in [2.45, 2.75) is 76.0 Å². The van der Waals surface area contributed by atoms with Gasteiger partial charge in [-0.3, -0.25) is 14.0 Å². The minimum Gasteiger partial charge on any atom is -0.870 e. The van der Waals surface area contributed by atoms with Crippen LogP contribution in [0.4, 0.5) is 34.9 Å². The van der Waals surface area contributed by atoms with E-state index >= 15 is 0 Å². The Morgan fingerprint density at radius 2 is 0.663 bits per heavy atom. The van der Waals surface area contributed by atoms with Gasteiger partial charge in [0.2, 0.25) is 0 Å². The van der Waals surface area contributed by atoms with E-state index in [0.29, 0.717) is 71.6 Å². The van der Waals surface area contributed by atoms with E-state index in [-0.39, 0.29) is 120 Å². The Morgan fingerprint density at radius 3 is 0.855 bits per heavy atom. The summed E-state index contributed by atoms with van der Waals surface area (Å²) in [6.07, 6.45) is 11.2. The molecule has 0 spiro atoms. The Hall–Kier alpha value is -6.60. The summed E-state index contributed by atoms with van der Waals surface area (Å²) in [5.41, 5.74) is 11.7. The molecule has 12 aromatic rings. The van der Waals surface area contributed by atoms with Crippen molar-refractivity contribution in [1.82, 2.24) is 86.6 Å². The Morgan fingerprint density at radius 1 is 0.422 bits per heavy atom. The first kappa shape index (κ1) is 72.5. The average molecular weight is 1160 g/mol. The molecule has 0 radical (unpaired) electrons. The molecule has 0 atom stereocenters. The third kappa shape index (κ3) is 13.1. The van der Waals surface area contributed by atoms with Crippen LogP contribution in [0, 0.1) is 20.8 Å². The van der Waals surface area contributed by atoms with Crippen molar-refractivity contribution < 1.29 is 119 Å². The molecule has 0 saturated heterocycles.